The van der Waals surface area contributed by atoms with Gasteiger partial charge in [0.05, 0.1) is 29.8 Å². The maximum absolute atomic E-state index is 13.4. The first-order valence-electron chi connectivity index (χ1n) is 8.83. The zero-order chi connectivity index (χ0) is 19.6. The number of fused-ring (bicyclic) bond motifs is 5. The molecule has 2 N–H and O–H groups in total. The Morgan fingerprint density at radius 3 is 2.39 bits per heavy atom. The van der Waals surface area contributed by atoms with Gasteiger partial charge in [0.1, 0.15) is 6.04 Å². The molecule has 4 atom stereocenters. The molecule has 7 nitrogen and oxygen atoms in total. The van der Waals surface area contributed by atoms with Crippen molar-refractivity contribution in [3.05, 3.63) is 64.7 Å². The third kappa shape index (κ3) is 2.16. The Bertz CT molecular complexity index is 1050. The Morgan fingerprint density at radius 1 is 1.00 bits per heavy atom. The second-order valence-corrected chi connectivity index (χ2v) is 7.52. The number of primary amides is 1. The van der Waals surface area contributed by atoms with E-state index in [2.05, 4.69) is 5.10 Å². The molecule has 3 heterocycles. The normalized spacial score (nSPS) is 27.6. The summed E-state index contributed by atoms with van der Waals surface area (Å²) >= 11 is 5.93. The second kappa shape index (κ2) is 5.90. The first-order valence-corrected chi connectivity index (χ1v) is 9.21. The summed E-state index contributed by atoms with van der Waals surface area (Å²) in [6.07, 6.45) is 1.63. The van der Waals surface area contributed by atoms with E-state index in [9.17, 15) is 14.4 Å². The van der Waals surface area contributed by atoms with Crippen LogP contribution in [0, 0.1) is 11.8 Å². The zero-order valence-electron chi connectivity index (χ0n) is 14.5. The number of halogens is 1. The molecule has 3 amide bonds. The van der Waals surface area contributed by atoms with Gasteiger partial charge in [0.15, 0.2) is 0 Å². The summed E-state index contributed by atoms with van der Waals surface area (Å²) in [5.41, 5.74) is 7.78. The third-order valence-corrected chi connectivity index (χ3v) is 5.92. The van der Waals surface area contributed by atoms with Gasteiger partial charge in [0, 0.05) is 5.02 Å². The standard InChI is InChI=1S/C20H15ClN4O3/c21-11-5-7-12(8-6-11)24-19(27)14-15(20(24)28)17(18(22)26)25-16(14)13-4-2-1-3-10(13)9-23-25/h1-9,14-17H,(H2,22,26). The summed E-state index contributed by atoms with van der Waals surface area (Å²) in [5, 5.41) is 6.39. The average molecular weight is 395 g/mol. The Balaban J connectivity index is 1.65. The lowest BCUT2D eigenvalue weighted by atomic mass is 9.85. The van der Waals surface area contributed by atoms with Gasteiger partial charge in [0.25, 0.3) is 0 Å². The fourth-order valence-electron chi connectivity index (χ4n) is 4.54. The van der Waals surface area contributed by atoms with Gasteiger partial charge in [-0.25, -0.2) is 4.90 Å². The molecule has 0 spiro atoms. The Morgan fingerprint density at radius 2 is 1.68 bits per heavy atom. The van der Waals surface area contributed by atoms with Crippen LogP contribution in [-0.2, 0) is 14.4 Å². The summed E-state index contributed by atoms with van der Waals surface area (Å²) < 4.78 is 0. The SMILES string of the molecule is NC(=O)C1C2C(=O)N(c3ccc(Cl)cc3)C(=O)C2C2c3ccccc3C=NN12. The summed E-state index contributed by atoms with van der Waals surface area (Å²) in [6, 6.07) is 12.5. The van der Waals surface area contributed by atoms with E-state index < -0.39 is 35.7 Å². The number of rotatable bonds is 2. The van der Waals surface area contributed by atoms with Crippen LogP contribution in [0.15, 0.2) is 53.6 Å². The lowest BCUT2D eigenvalue weighted by molar-refractivity contribution is -0.130. The topological polar surface area (TPSA) is 96.1 Å². The van der Waals surface area contributed by atoms with Crippen molar-refractivity contribution in [2.45, 2.75) is 12.1 Å². The molecule has 140 valence electrons. The van der Waals surface area contributed by atoms with Crippen molar-refractivity contribution in [2.24, 2.45) is 22.7 Å². The highest BCUT2D eigenvalue weighted by Gasteiger charge is 2.65. The lowest BCUT2D eigenvalue weighted by Crippen LogP contribution is -2.47. The number of benzene rings is 2. The molecule has 3 aliphatic heterocycles. The summed E-state index contributed by atoms with van der Waals surface area (Å²) in [7, 11) is 0. The van der Waals surface area contributed by atoms with E-state index in [1.165, 1.54) is 5.01 Å². The van der Waals surface area contributed by atoms with Crippen molar-refractivity contribution < 1.29 is 14.4 Å². The van der Waals surface area contributed by atoms with Crippen molar-refractivity contribution >= 4 is 41.2 Å². The predicted molar refractivity (Wildman–Crippen MR) is 103 cm³/mol. The number of imide groups is 1. The van der Waals surface area contributed by atoms with Crippen molar-refractivity contribution in [3.63, 3.8) is 0 Å². The molecule has 5 rings (SSSR count). The number of anilines is 1. The van der Waals surface area contributed by atoms with Crippen LogP contribution in [0.5, 0.6) is 0 Å². The second-order valence-electron chi connectivity index (χ2n) is 7.09. The molecule has 0 bridgehead atoms. The smallest absolute Gasteiger partial charge is 0.242 e. The van der Waals surface area contributed by atoms with Crippen LogP contribution < -0.4 is 10.6 Å². The largest absolute Gasteiger partial charge is 0.368 e. The highest BCUT2D eigenvalue weighted by atomic mass is 35.5. The Hall–Kier alpha value is -3.19. The van der Waals surface area contributed by atoms with E-state index in [0.717, 1.165) is 16.0 Å². The first-order chi connectivity index (χ1) is 13.5. The number of carbonyl (C=O) groups is 3. The van der Waals surface area contributed by atoms with Crippen molar-refractivity contribution in [1.29, 1.82) is 0 Å². The summed E-state index contributed by atoms with van der Waals surface area (Å²) in [6.45, 7) is 0. The fourth-order valence-corrected chi connectivity index (χ4v) is 4.66. The maximum atomic E-state index is 13.4. The average Bonchev–Trinajstić information content (AvgIpc) is 3.16. The highest BCUT2D eigenvalue weighted by molar-refractivity contribution is 6.31. The Kier molecular flexibility index (Phi) is 3.57. The molecule has 0 aromatic heterocycles. The molecule has 2 fully saturated rings. The number of nitrogens with two attached hydrogens (primary N) is 1. The molecule has 28 heavy (non-hydrogen) atoms. The molecule has 0 radical (unpaired) electrons. The van der Waals surface area contributed by atoms with Gasteiger partial charge in [-0.1, -0.05) is 35.9 Å². The van der Waals surface area contributed by atoms with E-state index in [1.54, 1.807) is 30.5 Å². The van der Waals surface area contributed by atoms with Crippen LogP contribution in [0.2, 0.25) is 5.02 Å². The number of amides is 3. The van der Waals surface area contributed by atoms with E-state index in [1.807, 2.05) is 24.3 Å². The maximum Gasteiger partial charge on any atom is 0.242 e. The molecular formula is C20H15ClN4O3. The van der Waals surface area contributed by atoms with E-state index >= 15 is 0 Å². The van der Waals surface area contributed by atoms with E-state index in [4.69, 9.17) is 17.3 Å². The van der Waals surface area contributed by atoms with Crippen LogP contribution in [0.3, 0.4) is 0 Å². The molecule has 8 heteroatoms. The van der Waals surface area contributed by atoms with Crippen LogP contribution >= 0.6 is 11.6 Å². The number of hydrogen-bond donors (Lipinski definition) is 1. The summed E-state index contributed by atoms with van der Waals surface area (Å²) in [4.78, 5) is 40.0. The van der Waals surface area contributed by atoms with E-state index in [0.29, 0.717) is 10.7 Å². The molecule has 3 aliphatic rings. The van der Waals surface area contributed by atoms with Crippen molar-refractivity contribution in [3.8, 4) is 0 Å². The van der Waals surface area contributed by atoms with Crippen LogP contribution in [0.1, 0.15) is 17.2 Å². The minimum atomic E-state index is -0.978. The first kappa shape index (κ1) is 16.9. The van der Waals surface area contributed by atoms with E-state index in [-0.39, 0.29) is 5.91 Å². The molecule has 2 aromatic rings. The highest BCUT2D eigenvalue weighted by Crippen LogP contribution is 2.52. The Labute approximate surface area is 165 Å². The number of nitrogens with zero attached hydrogens (tertiary/aromatic N) is 3. The number of hydrogen-bond acceptors (Lipinski definition) is 5. The minimum Gasteiger partial charge on any atom is -0.368 e. The monoisotopic (exact) mass is 394 g/mol. The van der Waals surface area contributed by atoms with Crippen LogP contribution in [0.25, 0.3) is 0 Å². The molecule has 2 saturated heterocycles. The van der Waals surface area contributed by atoms with Gasteiger partial charge in [0.2, 0.25) is 17.7 Å². The van der Waals surface area contributed by atoms with Gasteiger partial charge >= 0.3 is 0 Å². The van der Waals surface area contributed by atoms with Crippen LogP contribution in [-0.4, -0.2) is 35.0 Å². The van der Waals surface area contributed by atoms with Gasteiger partial charge < -0.3 is 5.73 Å². The van der Waals surface area contributed by atoms with Crippen LogP contribution in [0.4, 0.5) is 5.69 Å². The molecule has 0 aliphatic carbocycles. The predicted octanol–water partition coefficient (Wildman–Crippen LogP) is 1.70. The number of hydrazone groups is 1. The van der Waals surface area contributed by atoms with Crippen molar-refractivity contribution in [2.75, 3.05) is 4.90 Å². The minimum absolute atomic E-state index is 0.358. The van der Waals surface area contributed by atoms with Gasteiger partial charge in [-0.05, 0) is 35.4 Å². The van der Waals surface area contributed by atoms with Gasteiger partial charge in [-0.2, -0.15) is 5.10 Å². The number of carbonyl (C=O) groups excluding carboxylic acids is 3. The van der Waals surface area contributed by atoms with Gasteiger partial charge in [-0.3, -0.25) is 19.4 Å². The quantitative estimate of drug-likeness (QED) is 0.784. The zero-order valence-corrected chi connectivity index (χ0v) is 15.3. The molecule has 2 aromatic carbocycles. The van der Waals surface area contributed by atoms with Crippen molar-refractivity contribution in [1.82, 2.24) is 5.01 Å². The lowest BCUT2D eigenvalue weighted by Gasteiger charge is -2.33. The summed E-state index contributed by atoms with van der Waals surface area (Å²) in [5.74, 6) is -3.09. The fraction of sp³-hybridized carbons (Fsp3) is 0.200. The molecule has 4 unspecified atom stereocenters. The molecular weight excluding hydrogens is 380 g/mol. The molecule has 0 saturated carbocycles. The third-order valence-electron chi connectivity index (χ3n) is 5.67. The van der Waals surface area contributed by atoms with Gasteiger partial charge in [-0.15, -0.1) is 0 Å².